The number of hydrogen-bond donors (Lipinski definition) is 0. The van der Waals surface area contributed by atoms with Gasteiger partial charge < -0.3 is 0 Å². The summed E-state index contributed by atoms with van der Waals surface area (Å²) in [6.45, 7) is 2.28. The van der Waals surface area contributed by atoms with Crippen LogP contribution in [-0.4, -0.2) is 14.3 Å². The number of unbranched alkanes of at least 4 members (excludes halogenated alkanes) is 4. The molecule has 10 heavy (non-hydrogen) atoms. The van der Waals surface area contributed by atoms with Crippen molar-refractivity contribution in [3.05, 3.63) is 0 Å². The molecule has 0 aromatic carbocycles. The first-order chi connectivity index (χ1) is 4.77. The summed E-state index contributed by atoms with van der Waals surface area (Å²) in [7, 11) is 0. The Balaban J connectivity index is 2.77. The number of rotatable bonds is 6. The van der Waals surface area contributed by atoms with Gasteiger partial charge in [-0.15, -0.1) is 0 Å². The van der Waals surface area contributed by atoms with Gasteiger partial charge in [0.25, 0.3) is 0 Å². The van der Waals surface area contributed by atoms with Crippen LogP contribution in [0.1, 0.15) is 39.0 Å². The molecule has 0 rings (SSSR count). The average Bonchev–Trinajstić information content (AvgIpc) is 1.87. The molecule has 0 radical (unpaired) electrons. The molecule has 0 unspecified atom stereocenters. The molecule has 0 nitrogen and oxygen atoms in total. The van der Waals surface area contributed by atoms with Crippen LogP contribution >= 0.6 is 0 Å². The molecule has 0 amide bonds. The molecule has 0 saturated heterocycles. The van der Waals surface area contributed by atoms with Gasteiger partial charge in [-0.1, -0.05) is 0 Å². The average molecular weight is 203 g/mol. The van der Waals surface area contributed by atoms with Crippen LogP contribution in [0.2, 0.25) is 16.8 Å². The van der Waals surface area contributed by atoms with Crippen LogP contribution in [0.4, 0.5) is 0 Å². The zero-order valence-electron chi connectivity index (χ0n) is 7.82. The Labute approximate surface area is 70.5 Å². The zero-order valence-corrected chi connectivity index (χ0v) is 10.2. The van der Waals surface area contributed by atoms with Crippen molar-refractivity contribution in [3.63, 3.8) is 0 Å². The summed E-state index contributed by atoms with van der Waals surface area (Å²) < 4.78 is 0. The van der Waals surface area contributed by atoms with Gasteiger partial charge in [0.05, 0.1) is 0 Å². The van der Waals surface area contributed by atoms with E-state index in [0.29, 0.717) is 0 Å². The van der Waals surface area contributed by atoms with Gasteiger partial charge in [0, 0.05) is 0 Å². The van der Waals surface area contributed by atoms with E-state index < -0.39 is 14.3 Å². The summed E-state index contributed by atoms with van der Waals surface area (Å²) in [4.78, 5) is 0. The molecule has 0 bridgehead atoms. The van der Waals surface area contributed by atoms with Crippen molar-refractivity contribution in [2.24, 2.45) is 0 Å². The van der Waals surface area contributed by atoms with Gasteiger partial charge in [0.2, 0.25) is 0 Å². The fraction of sp³-hybridized carbons (Fsp3) is 1.00. The molecular weight excluding hydrogens is 181 g/mol. The van der Waals surface area contributed by atoms with Crippen LogP contribution in [0, 0.1) is 0 Å². The second-order valence-electron chi connectivity index (χ2n) is 3.60. The third kappa shape index (κ3) is 8.54. The van der Waals surface area contributed by atoms with Gasteiger partial charge in [0.1, 0.15) is 0 Å². The fourth-order valence-corrected chi connectivity index (χ4v) is 3.47. The van der Waals surface area contributed by atoms with Gasteiger partial charge >= 0.3 is 70.1 Å². The van der Waals surface area contributed by atoms with E-state index in [1.807, 2.05) is 0 Å². The van der Waals surface area contributed by atoms with Crippen LogP contribution in [0.5, 0.6) is 0 Å². The molecule has 0 aliphatic rings. The van der Waals surface area contributed by atoms with Crippen molar-refractivity contribution in [1.29, 1.82) is 0 Å². The van der Waals surface area contributed by atoms with E-state index >= 15 is 0 Å². The van der Waals surface area contributed by atoms with E-state index in [-0.39, 0.29) is 0 Å². The molecule has 0 aliphatic carbocycles. The maximum atomic E-state index is 2.49. The molecule has 0 spiro atoms. The van der Waals surface area contributed by atoms with Gasteiger partial charge in [0.15, 0.2) is 0 Å². The summed E-state index contributed by atoms with van der Waals surface area (Å²) in [6, 6.07) is 0. The van der Waals surface area contributed by atoms with Crippen molar-refractivity contribution in [1.82, 2.24) is 0 Å². The minimum atomic E-state index is -0.616. The second-order valence-corrected chi connectivity index (χ2v) is 10.7. The zero-order chi connectivity index (χ0) is 7.82. The first kappa shape index (κ1) is 10.5. The Morgan fingerprint density at radius 1 is 0.900 bits per heavy atom. The first-order valence-electron chi connectivity index (χ1n) is 4.77. The van der Waals surface area contributed by atoms with E-state index in [1.54, 1.807) is 5.25 Å². The Morgan fingerprint density at radius 2 is 1.50 bits per heavy atom. The molecule has 0 heterocycles. The Morgan fingerprint density at radius 3 is 2.00 bits per heavy atom. The molecule has 0 atom stereocenters. The summed E-state index contributed by atoms with van der Waals surface area (Å²) in [6.07, 6.45) is 7.33. The Bertz CT molecular complexity index is 59.7. The molecular formula is C9H22Ge. The van der Waals surface area contributed by atoms with Crippen molar-refractivity contribution >= 4 is 14.3 Å². The summed E-state index contributed by atoms with van der Waals surface area (Å²) >= 11 is -0.616. The van der Waals surface area contributed by atoms with E-state index in [0.717, 1.165) is 0 Å². The normalized spacial score (nSPS) is 10.8. The maximum absolute atomic E-state index is 2.49. The van der Waals surface area contributed by atoms with E-state index in [1.165, 1.54) is 32.1 Å². The fourth-order valence-electron chi connectivity index (χ4n) is 1.16. The van der Waals surface area contributed by atoms with Crippen molar-refractivity contribution in [2.45, 2.75) is 55.8 Å². The Kier molecular flexibility index (Phi) is 8.06. The monoisotopic (exact) mass is 204 g/mol. The van der Waals surface area contributed by atoms with Crippen LogP contribution in [-0.2, 0) is 0 Å². The number of hydrogen-bond acceptors (Lipinski definition) is 0. The second kappa shape index (κ2) is 7.65. The predicted octanol–water partition coefficient (Wildman–Crippen LogP) is 3.44. The quantitative estimate of drug-likeness (QED) is 0.458. The van der Waals surface area contributed by atoms with E-state index in [2.05, 4.69) is 18.4 Å². The SMILES string of the molecule is CCCCCC[CH2][GeH]([CH3])[CH3]. The van der Waals surface area contributed by atoms with Crippen molar-refractivity contribution in [2.75, 3.05) is 0 Å². The molecule has 0 aliphatic heterocycles. The van der Waals surface area contributed by atoms with Gasteiger partial charge in [-0.3, -0.25) is 0 Å². The molecule has 0 aromatic rings. The van der Waals surface area contributed by atoms with Gasteiger partial charge in [-0.05, 0) is 0 Å². The molecule has 0 aromatic heterocycles. The Hall–Kier alpha value is 0.543. The van der Waals surface area contributed by atoms with E-state index in [4.69, 9.17) is 0 Å². The summed E-state index contributed by atoms with van der Waals surface area (Å²) in [5, 5.41) is 1.61. The molecule has 62 valence electrons. The molecule has 0 fully saturated rings. The minimum absolute atomic E-state index is 0.616. The van der Waals surface area contributed by atoms with Crippen LogP contribution in [0.3, 0.4) is 0 Å². The van der Waals surface area contributed by atoms with Crippen LogP contribution in [0.15, 0.2) is 0 Å². The van der Waals surface area contributed by atoms with Crippen molar-refractivity contribution in [3.8, 4) is 0 Å². The summed E-state index contributed by atoms with van der Waals surface area (Å²) in [5.74, 6) is 4.99. The topological polar surface area (TPSA) is 0 Å². The molecule has 0 saturated carbocycles. The summed E-state index contributed by atoms with van der Waals surface area (Å²) in [5.41, 5.74) is 0. The third-order valence-electron chi connectivity index (χ3n) is 1.89. The first-order valence-corrected chi connectivity index (χ1v) is 11.3. The molecule has 1 heteroatoms. The van der Waals surface area contributed by atoms with Crippen LogP contribution < -0.4 is 0 Å². The predicted molar refractivity (Wildman–Crippen MR) is 52.4 cm³/mol. The standard InChI is InChI=1S/C9H22Ge/c1-4-5-6-7-8-9-10(2)3/h10H,4-9H2,1-3H3. The van der Waals surface area contributed by atoms with Crippen LogP contribution in [0.25, 0.3) is 0 Å². The van der Waals surface area contributed by atoms with Gasteiger partial charge in [-0.25, -0.2) is 0 Å². The third-order valence-corrected chi connectivity index (χ3v) is 5.16. The van der Waals surface area contributed by atoms with Gasteiger partial charge in [-0.2, -0.15) is 0 Å². The van der Waals surface area contributed by atoms with Crippen molar-refractivity contribution < 1.29 is 0 Å². The molecule has 0 N–H and O–H groups in total. The van der Waals surface area contributed by atoms with E-state index in [9.17, 15) is 0 Å².